The number of aromatic nitrogens is 1. The average Bonchev–Trinajstić information content (AvgIpc) is 3.40. The molecule has 6 heteroatoms. The topological polar surface area (TPSA) is 35.8 Å². The van der Waals surface area contributed by atoms with Crippen LogP contribution in [-0.4, -0.2) is 47.8 Å². The van der Waals surface area contributed by atoms with Gasteiger partial charge in [0.1, 0.15) is 5.82 Å². The summed E-state index contributed by atoms with van der Waals surface area (Å²) >= 11 is 0. The van der Waals surface area contributed by atoms with Crippen LogP contribution in [0.3, 0.4) is 0 Å². The lowest BCUT2D eigenvalue weighted by Gasteiger charge is -2.32. The molecule has 3 heterocycles. The van der Waals surface area contributed by atoms with Crippen molar-refractivity contribution in [1.82, 2.24) is 15.0 Å². The van der Waals surface area contributed by atoms with Gasteiger partial charge in [0, 0.05) is 48.5 Å². The number of benzene rings is 2. The quantitative estimate of drug-likeness (QED) is 0.643. The van der Waals surface area contributed by atoms with Gasteiger partial charge in [-0.3, -0.25) is 0 Å². The molecule has 5 nitrogen and oxygen atoms in total. The molecule has 1 saturated heterocycles. The molecule has 0 radical (unpaired) electrons. The van der Waals surface area contributed by atoms with E-state index in [1.54, 1.807) is 6.07 Å². The first-order valence-electron chi connectivity index (χ1n) is 10.3. The van der Waals surface area contributed by atoms with Gasteiger partial charge in [-0.1, -0.05) is 23.4 Å². The van der Waals surface area contributed by atoms with Crippen LogP contribution in [0.2, 0.25) is 0 Å². The Morgan fingerprint density at radius 1 is 1.00 bits per heavy atom. The second kappa shape index (κ2) is 7.87. The molecule has 0 saturated carbocycles. The van der Waals surface area contributed by atoms with Gasteiger partial charge in [0.05, 0.1) is 12.4 Å². The molecule has 29 heavy (non-hydrogen) atoms. The standard InChI is InChI=1S/C23H25FN4O/c24-19-6-7-21-22(16-19)29-25-23(21)18-8-10-26(11-9-18)12-13-27-14-15-28(17-27)20-4-2-1-3-5-20/h1-7,14-16,18H,8-13,17H2. The molecule has 150 valence electrons. The van der Waals surface area contributed by atoms with Crippen LogP contribution in [0, 0.1) is 5.82 Å². The van der Waals surface area contributed by atoms with Crippen LogP contribution in [0.5, 0.6) is 0 Å². The molecule has 0 N–H and O–H groups in total. The van der Waals surface area contributed by atoms with E-state index >= 15 is 0 Å². The van der Waals surface area contributed by atoms with Gasteiger partial charge in [-0.15, -0.1) is 0 Å². The second-order valence-corrected chi connectivity index (χ2v) is 7.88. The lowest BCUT2D eigenvalue weighted by Crippen LogP contribution is -2.38. The Morgan fingerprint density at radius 3 is 2.66 bits per heavy atom. The Hall–Kier alpha value is -2.86. The van der Waals surface area contributed by atoms with Crippen molar-refractivity contribution in [2.45, 2.75) is 18.8 Å². The Bertz CT molecular complexity index is 995. The van der Waals surface area contributed by atoms with E-state index in [4.69, 9.17) is 4.52 Å². The Balaban J connectivity index is 1.12. The summed E-state index contributed by atoms with van der Waals surface area (Å²) in [6.45, 7) is 5.10. The van der Waals surface area contributed by atoms with Gasteiger partial charge >= 0.3 is 0 Å². The van der Waals surface area contributed by atoms with Crippen molar-refractivity contribution in [1.29, 1.82) is 0 Å². The predicted molar refractivity (Wildman–Crippen MR) is 112 cm³/mol. The predicted octanol–water partition coefficient (Wildman–Crippen LogP) is 4.40. The molecule has 0 unspecified atom stereocenters. The summed E-state index contributed by atoms with van der Waals surface area (Å²) in [4.78, 5) is 7.15. The zero-order valence-corrected chi connectivity index (χ0v) is 16.4. The fraction of sp³-hybridized carbons (Fsp3) is 0.348. The van der Waals surface area contributed by atoms with Gasteiger partial charge in [0.15, 0.2) is 5.58 Å². The molecular weight excluding hydrogens is 367 g/mol. The first-order valence-corrected chi connectivity index (χ1v) is 10.3. The number of hydrogen-bond donors (Lipinski definition) is 0. The van der Waals surface area contributed by atoms with Crippen LogP contribution in [0.1, 0.15) is 24.5 Å². The third-order valence-electron chi connectivity index (χ3n) is 6.02. The number of para-hydroxylation sites is 1. The monoisotopic (exact) mass is 392 g/mol. The summed E-state index contributed by atoms with van der Waals surface area (Å²) in [5.41, 5.74) is 2.76. The van der Waals surface area contributed by atoms with Gasteiger partial charge in [0.25, 0.3) is 0 Å². The maximum absolute atomic E-state index is 13.4. The van der Waals surface area contributed by atoms with Gasteiger partial charge in [-0.05, 0) is 50.2 Å². The Kier molecular flexibility index (Phi) is 4.94. The second-order valence-electron chi connectivity index (χ2n) is 7.88. The van der Waals surface area contributed by atoms with Crippen molar-refractivity contribution >= 4 is 16.7 Å². The summed E-state index contributed by atoms with van der Waals surface area (Å²) in [6.07, 6.45) is 6.45. The molecule has 0 aliphatic carbocycles. The zero-order chi connectivity index (χ0) is 19.6. The van der Waals surface area contributed by atoms with E-state index < -0.39 is 0 Å². The first-order chi connectivity index (χ1) is 14.3. The normalized spacial score (nSPS) is 18.2. The highest BCUT2D eigenvalue weighted by molar-refractivity contribution is 5.79. The first kappa shape index (κ1) is 18.2. The van der Waals surface area contributed by atoms with E-state index in [0.717, 1.165) is 56.8 Å². The van der Waals surface area contributed by atoms with E-state index in [1.807, 2.05) is 6.07 Å². The number of anilines is 1. The molecule has 1 fully saturated rings. The molecule has 0 spiro atoms. The number of halogens is 1. The molecular formula is C23H25FN4O. The van der Waals surface area contributed by atoms with E-state index in [9.17, 15) is 4.39 Å². The van der Waals surface area contributed by atoms with Gasteiger partial charge in [-0.25, -0.2) is 4.39 Å². The average molecular weight is 392 g/mol. The SMILES string of the molecule is Fc1ccc2c(C3CCN(CCN4C=CN(c5ccccc5)C4)CC3)noc2c1. The number of piperidine rings is 1. The summed E-state index contributed by atoms with van der Waals surface area (Å²) in [5.74, 6) is 0.107. The van der Waals surface area contributed by atoms with E-state index in [-0.39, 0.29) is 5.82 Å². The van der Waals surface area contributed by atoms with E-state index in [2.05, 4.69) is 56.5 Å². The van der Waals surface area contributed by atoms with Crippen LogP contribution >= 0.6 is 0 Å². The highest BCUT2D eigenvalue weighted by Crippen LogP contribution is 2.32. The molecule has 0 bridgehead atoms. The lowest BCUT2D eigenvalue weighted by atomic mass is 9.91. The van der Waals surface area contributed by atoms with Gasteiger partial charge < -0.3 is 19.2 Å². The van der Waals surface area contributed by atoms with E-state index in [1.165, 1.54) is 17.8 Å². The van der Waals surface area contributed by atoms with Crippen molar-refractivity contribution < 1.29 is 8.91 Å². The smallest absolute Gasteiger partial charge is 0.170 e. The number of likely N-dealkylation sites (tertiary alicyclic amines) is 1. The number of nitrogens with zero attached hydrogens (tertiary/aromatic N) is 4. The molecule has 2 aromatic carbocycles. The summed E-state index contributed by atoms with van der Waals surface area (Å²) in [6, 6.07) is 15.2. The van der Waals surface area contributed by atoms with Crippen molar-refractivity contribution in [3.05, 3.63) is 72.4 Å². The summed E-state index contributed by atoms with van der Waals surface area (Å²) in [5, 5.41) is 5.20. The fourth-order valence-electron chi connectivity index (χ4n) is 4.32. The van der Waals surface area contributed by atoms with Crippen LogP contribution in [-0.2, 0) is 0 Å². The summed E-state index contributed by atoms with van der Waals surface area (Å²) in [7, 11) is 0. The molecule has 1 aromatic heterocycles. The number of fused-ring (bicyclic) bond motifs is 1. The van der Waals surface area contributed by atoms with E-state index in [0.29, 0.717) is 11.5 Å². The Labute approximate surface area is 170 Å². The Morgan fingerprint density at radius 2 is 1.83 bits per heavy atom. The van der Waals surface area contributed by atoms with Crippen molar-refractivity contribution in [3.8, 4) is 0 Å². The van der Waals surface area contributed by atoms with Crippen molar-refractivity contribution in [2.75, 3.05) is 37.7 Å². The fourth-order valence-corrected chi connectivity index (χ4v) is 4.32. The summed E-state index contributed by atoms with van der Waals surface area (Å²) < 4.78 is 18.7. The highest BCUT2D eigenvalue weighted by atomic mass is 19.1. The van der Waals surface area contributed by atoms with Crippen LogP contribution in [0.15, 0.2) is 65.5 Å². The lowest BCUT2D eigenvalue weighted by molar-refractivity contribution is 0.192. The number of hydrogen-bond acceptors (Lipinski definition) is 5. The van der Waals surface area contributed by atoms with Crippen molar-refractivity contribution in [3.63, 3.8) is 0 Å². The van der Waals surface area contributed by atoms with Crippen LogP contribution in [0.4, 0.5) is 10.1 Å². The minimum Gasteiger partial charge on any atom is -0.357 e. The van der Waals surface area contributed by atoms with Gasteiger partial charge in [0.2, 0.25) is 0 Å². The number of rotatable bonds is 5. The maximum atomic E-state index is 13.4. The van der Waals surface area contributed by atoms with Crippen LogP contribution < -0.4 is 4.90 Å². The maximum Gasteiger partial charge on any atom is 0.170 e. The third kappa shape index (κ3) is 3.85. The molecule has 0 atom stereocenters. The zero-order valence-electron chi connectivity index (χ0n) is 16.4. The molecule has 3 aromatic rings. The minimum atomic E-state index is -0.281. The van der Waals surface area contributed by atoms with Crippen LogP contribution in [0.25, 0.3) is 11.0 Å². The minimum absolute atomic E-state index is 0.281. The highest BCUT2D eigenvalue weighted by Gasteiger charge is 2.25. The molecule has 5 rings (SSSR count). The van der Waals surface area contributed by atoms with Crippen molar-refractivity contribution in [2.24, 2.45) is 0 Å². The molecule has 2 aliphatic rings. The third-order valence-corrected chi connectivity index (χ3v) is 6.02. The largest absolute Gasteiger partial charge is 0.357 e. The van der Waals surface area contributed by atoms with Gasteiger partial charge in [-0.2, -0.15) is 0 Å². The molecule has 0 amide bonds. The molecule has 2 aliphatic heterocycles.